The SMILES string of the molecule is Cc1cc(Cl)ccc1Cc1nc(N)[nH]c1C. The van der Waals surface area contributed by atoms with Crippen LogP contribution in [0.5, 0.6) is 0 Å². The summed E-state index contributed by atoms with van der Waals surface area (Å²) in [4.78, 5) is 7.26. The molecule has 0 bridgehead atoms. The van der Waals surface area contributed by atoms with Crippen molar-refractivity contribution in [2.75, 3.05) is 5.73 Å². The van der Waals surface area contributed by atoms with Gasteiger partial charge >= 0.3 is 0 Å². The van der Waals surface area contributed by atoms with Crippen LogP contribution in [0.3, 0.4) is 0 Å². The number of nitrogens with two attached hydrogens (primary N) is 1. The van der Waals surface area contributed by atoms with Gasteiger partial charge in [-0.05, 0) is 37.1 Å². The van der Waals surface area contributed by atoms with E-state index >= 15 is 0 Å². The minimum absolute atomic E-state index is 0.471. The third-order valence-corrected chi connectivity index (χ3v) is 2.90. The topological polar surface area (TPSA) is 54.7 Å². The fourth-order valence-corrected chi connectivity index (χ4v) is 1.96. The van der Waals surface area contributed by atoms with E-state index in [0.29, 0.717) is 5.95 Å². The third-order valence-electron chi connectivity index (χ3n) is 2.67. The normalized spacial score (nSPS) is 10.7. The number of anilines is 1. The number of aryl methyl sites for hydroxylation is 2. The number of nitrogens with zero attached hydrogens (tertiary/aromatic N) is 1. The second-order valence-electron chi connectivity index (χ2n) is 3.94. The highest BCUT2D eigenvalue weighted by Gasteiger charge is 2.07. The summed E-state index contributed by atoms with van der Waals surface area (Å²) in [5.74, 6) is 0.471. The van der Waals surface area contributed by atoms with Crippen LogP contribution in [0.25, 0.3) is 0 Å². The molecule has 1 aromatic heterocycles. The van der Waals surface area contributed by atoms with E-state index in [1.807, 2.05) is 32.0 Å². The molecule has 0 aliphatic rings. The first-order chi connectivity index (χ1) is 7.56. The molecule has 84 valence electrons. The van der Waals surface area contributed by atoms with Crippen LogP contribution in [0, 0.1) is 13.8 Å². The molecule has 0 unspecified atom stereocenters. The Morgan fingerprint density at radius 2 is 2.12 bits per heavy atom. The number of hydrogen-bond acceptors (Lipinski definition) is 2. The van der Waals surface area contributed by atoms with Crippen molar-refractivity contribution in [1.29, 1.82) is 0 Å². The minimum atomic E-state index is 0.471. The van der Waals surface area contributed by atoms with E-state index in [9.17, 15) is 0 Å². The molecule has 0 aliphatic carbocycles. The molecule has 0 saturated heterocycles. The Morgan fingerprint density at radius 1 is 1.38 bits per heavy atom. The van der Waals surface area contributed by atoms with Crippen molar-refractivity contribution in [3.8, 4) is 0 Å². The van der Waals surface area contributed by atoms with Gasteiger partial charge in [0.05, 0.1) is 5.69 Å². The fourth-order valence-electron chi connectivity index (χ4n) is 1.73. The zero-order valence-electron chi connectivity index (χ0n) is 9.34. The highest BCUT2D eigenvalue weighted by molar-refractivity contribution is 6.30. The number of hydrogen-bond donors (Lipinski definition) is 2. The van der Waals surface area contributed by atoms with E-state index in [4.69, 9.17) is 17.3 Å². The van der Waals surface area contributed by atoms with Crippen molar-refractivity contribution in [3.63, 3.8) is 0 Å². The zero-order chi connectivity index (χ0) is 11.7. The van der Waals surface area contributed by atoms with Crippen LogP contribution in [-0.2, 0) is 6.42 Å². The summed E-state index contributed by atoms with van der Waals surface area (Å²) in [5.41, 5.74) is 10.0. The van der Waals surface area contributed by atoms with Gasteiger partial charge < -0.3 is 10.7 Å². The van der Waals surface area contributed by atoms with Gasteiger partial charge in [0.25, 0.3) is 0 Å². The van der Waals surface area contributed by atoms with E-state index in [1.54, 1.807) is 0 Å². The van der Waals surface area contributed by atoms with Crippen LogP contribution in [-0.4, -0.2) is 9.97 Å². The van der Waals surface area contributed by atoms with Crippen molar-refractivity contribution in [2.24, 2.45) is 0 Å². The van der Waals surface area contributed by atoms with Gasteiger partial charge in [0, 0.05) is 17.1 Å². The van der Waals surface area contributed by atoms with E-state index < -0.39 is 0 Å². The Kier molecular flexibility index (Phi) is 2.88. The number of H-pyrrole nitrogens is 1. The van der Waals surface area contributed by atoms with E-state index in [-0.39, 0.29) is 0 Å². The molecule has 0 saturated carbocycles. The monoisotopic (exact) mass is 235 g/mol. The van der Waals surface area contributed by atoms with Crippen LogP contribution < -0.4 is 5.73 Å². The number of aromatic nitrogens is 2. The number of rotatable bonds is 2. The van der Waals surface area contributed by atoms with Crippen LogP contribution in [0.15, 0.2) is 18.2 Å². The summed E-state index contributed by atoms with van der Waals surface area (Å²) >= 11 is 5.91. The van der Waals surface area contributed by atoms with Crippen molar-refractivity contribution in [2.45, 2.75) is 20.3 Å². The lowest BCUT2D eigenvalue weighted by Crippen LogP contribution is -1.94. The van der Waals surface area contributed by atoms with Gasteiger partial charge in [0.15, 0.2) is 5.95 Å². The fraction of sp³-hybridized carbons (Fsp3) is 0.250. The number of benzene rings is 1. The molecular formula is C12H14ClN3. The zero-order valence-corrected chi connectivity index (χ0v) is 10.1. The largest absolute Gasteiger partial charge is 0.369 e. The Hall–Kier alpha value is -1.48. The lowest BCUT2D eigenvalue weighted by molar-refractivity contribution is 1.06. The number of aromatic amines is 1. The average Bonchev–Trinajstić information content (AvgIpc) is 2.50. The number of nitrogen functional groups attached to an aromatic ring is 1. The molecule has 3 N–H and O–H groups in total. The van der Waals surface area contributed by atoms with Crippen LogP contribution in [0.1, 0.15) is 22.5 Å². The van der Waals surface area contributed by atoms with Crippen LogP contribution in [0.4, 0.5) is 5.95 Å². The van der Waals surface area contributed by atoms with E-state index in [0.717, 1.165) is 22.8 Å². The van der Waals surface area contributed by atoms with Gasteiger partial charge in [-0.1, -0.05) is 17.7 Å². The molecule has 0 amide bonds. The summed E-state index contributed by atoms with van der Waals surface area (Å²) in [5, 5.41) is 0.763. The first kappa shape index (κ1) is 11.0. The van der Waals surface area contributed by atoms with Gasteiger partial charge in [-0.25, -0.2) is 4.98 Å². The molecule has 0 atom stereocenters. The molecule has 0 spiro atoms. The minimum Gasteiger partial charge on any atom is -0.369 e. The third kappa shape index (κ3) is 2.19. The average molecular weight is 236 g/mol. The standard InChI is InChI=1S/C12H14ClN3/c1-7-5-10(13)4-3-9(7)6-11-8(2)15-12(14)16-11/h3-5H,6H2,1-2H3,(H3,14,15,16). The number of imidazole rings is 1. The van der Waals surface area contributed by atoms with Crippen LogP contribution >= 0.6 is 11.6 Å². The molecule has 4 heteroatoms. The summed E-state index contributed by atoms with van der Waals surface area (Å²) in [6.45, 7) is 4.02. The molecule has 2 rings (SSSR count). The maximum absolute atomic E-state index is 5.91. The van der Waals surface area contributed by atoms with Gasteiger partial charge in [-0.2, -0.15) is 0 Å². The smallest absolute Gasteiger partial charge is 0.197 e. The van der Waals surface area contributed by atoms with Crippen molar-refractivity contribution < 1.29 is 0 Å². The summed E-state index contributed by atoms with van der Waals surface area (Å²) in [6, 6.07) is 5.89. The van der Waals surface area contributed by atoms with Crippen molar-refractivity contribution in [1.82, 2.24) is 9.97 Å². The molecule has 1 aromatic carbocycles. The second kappa shape index (κ2) is 4.18. The quantitative estimate of drug-likeness (QED) is 0.841. The number of nitrogens with one attached hydrogen (secondary N) is 1. The maximum atomic E-state index is 5.91. The predicted octanol–water partition coefficient (Wildman–Crippen LogP) is 2.85. The Labute approximate surface area is 99.7 Å². The first-order valence-corrected chi connectivity index (χ1v) is 5.50. The highest BCUT2D eigenvalue weighted by Crippen LogP contribution is 2.19. The lowest BCUT2D eigenvalue weighted by atomic mass is 10.0. The van der Waals surface area contributed by atoms with Gasteiger partial charge in [-0.3, -0.25) is 0 Å². The first-order valence-electron chi connectivity index (χ1n) is 5.12. The molecule has 0 radical (unpaired) electrons. The maximum Gasteiger partial charge on any atom is 0.197 e. The van der Waals surface area contributed by atoms with Gasteiger partial charge in [0.1, 0.15) is 0 Å². The summed E-state index contributed by atoms with van der Waals surface area (Å²) in [6.07, 6.45) is 0.780. The molecule has 3 nitrogen and oxygen atoms in total. The molecule has 2 aromatic rings. The molecule has 0 fully saturated rings. The molecule has 0 aliphatic heterocycles. The predicted molar refractivity (Wildman–Crippen MR) is 66.7 cm³/mol. The van der Waals surface area contributed by atoms with Gasteiger partial charge in [-0.15, -0.1) is 0 Å². The van der Waals surface area contributed by atoms with E-state index in [2.05, 4.69) is 9.97 Å². The van der Waals surface area contributed by atoms with Gasteiger partial charge in [0.2, 0.25) is 0 Å². The highest BCUT2D eigenvalue weighted by atomic mass is 35.5. The van der Waals surface area contributed by atoms with Crippen LogP contribution in [0.2, 0.25) is 5.02 Å². The summed E-state index contributed by atoms with van der Waals surface area (Å²) in [7, 11) is 0. The number of halogens is 1. The van der Waals surface area contributed by atoms with Crippen molar-refractivity contribution >= 4 is 17.5 Å². The molecule has 16 heavy (non-hydrogen) atoms. The summed E-state index contributed by atoms with van der Waals surface area (Å²) < 4.78 is 0. The Morgan fingerprint density at radius 3 is 2.69 bits per heavy atom. The second-order valence-corrected chi connectivity index (χ2v) is 4.38. The lowest BCUT2D eigenvalue weighted by Gasteiger charge is -2.04. The van der Waals surface area contributed by atoms with Crippen molar-refractivity contribution in [3.05, 3.63) is 45.7 Å². The Bertz CT molecular complexity index is 517. The Balaban J connectivity index is 2.30. The van der Waals surface area contributed by atoms with E-state index in [1.165, 1.54) is 11.1 Å². The molecular weight excluding hydrogens is 222 g/mol. The molecule has 1 heterocycles.